The molecule has 8 heteroatoms. The number of halogens is 1. The standard InChI is InChI=1S/C28H31FN4O3/c1-20(34)32-25(17-27-28(35)33(12-11-31-27)18-21-7-3-2-4-8-21)14-22-13-23(29)16-26(15-22)36-19-24-9-5-6-10-30-24/h2-10,13,15-16,25,27,31H,11-12,14,17-19H2,1H3,(H,32,34)/t25-,27-/m0/s1. The van der Waals surface area contributed by atoms with Crippen molar-refractivity contribution in [2.45, 2.75) is 45.0 Å². The molecule has 2 aromatic carbocycles. The topological polar surface area (TPSA) is 83.6 Å². The van der Waals surface area contributed by atoms with Crippen molar-refractivity contribution in [3.63, 3.8) is 0 Å². The molecular formula is C28H31FN4O3. The van der Waals surface area contributed by atoms with Crippen LogP contribution < -0.4 is 15.4 Å². The van der Waals surface area contributed by atoms with Crippen LogP contribution in [0.2, 0.25) is 0 Å². The Kier molecular flexibility index (Phi) is 8.62. The van der Waals surface area contributed by atoms with Crippen molar-refractivity contribution in [3.8, 4) is 5.75 Å². The van der Waals surface area contributed by atoms with Crippen molar-refractivity contribution in [2.24, 2.45) is 0 Å². The summed E-state index contributed by atoms with van der Waals surface area (Å²) in [4.78, 5) is 31.2. The number of hydrogen-bond acceptors (Lipinski definition) is 5. The normalized spacial score (nSPS) is 16.4. The zero-order chi connectivity index (χ0) is 25.3. The third-order valence-electron chi connectivity index (χ3n) is 6.05. The molecule has 1 aromatic heterocycles. The largest absolute Gasteiger partial charge is 0.487 e. The highest BCUT2D eigenvalue weighted by molar-refractivity contribution is 5.83. The summed E-state index contributed by atoms with van der Waals surface area (Å²) >= 11 is 0. The predicted molar refractivity (Wildman–Crippen MR) is 135 cm³/mol. The Morgan fingerprint density at radius 1 is 1.17 bits per heavy atom. The highest BCUT2D eigenvalue weighted by Gasteiger charge is 2.31. The van der Waals surface area contributed by atoms with Crippen molar-refractivity contribution in [1.29, 1.82) is 0 Å². The van der Waals surface area contributed by atoms with Gasteiger partial charge >= 0.3 is 0 Å². The number of hydrogen-bond donors (Lipinski definition) is 2. The van der Waals surface area contributed by atoms with E-state index >= 15 is 0 Å². The third-order valence-corrected chi connectivity index (χ3v) is 6.05. The van der Waals surface area contributed by atoms with Crippen LogP contribution in [0.25, 0.3) is 0 Å². The number of nitrogens with one attached hydrogen (secondary N) is 2. The minimum Gasteiger partial charge on any atom is -0.487 e. The van der Waals surface area contributed by atoms with Gasteiger partial charge in [0.2, 0.25) is 11.8 Å². The molecule has 36 heavy (non-hydrogen) atoms. The quantitative estimate of drug-likeness (QED) is 0.456. The average molecular weight is 491 g/mol. The Balaban J connectivity index is 1.42. The molecule has 1 aliphatic heterocycles. The maximum atomic E-state index is 14.4. The molecule has 3 aromatic rings. The summed E-state index contributed by atoms with van der Waals surface area (Å²) in [7, 11) is 0. The van der Waals surface area contributed by atoms with Gasteiger partial charge in [0.05, 0.1) is 11.7 Å². The van der Waals surface area contributed by atoms with Gasteiger partial charge in [-0.15, -0.1) is 0 Å². The molecule has 0 radical (unpaired) electrons. The maximum absolute atomic E-state index is 14.4. The Bertz CT molecular complexity index is 1160. The lowest BCUT2D eigenvalue weighted by atomic mass is 9.97. The minimum absolute atomic E-state index is 0.000851. The fraction of sp³-hybridized carbons (Fsp3) is 0.321. The van der Waals surface area contributed by atoms with Crippen molar-refractivity contribution < 1.29 is 18.7 Å². The van der Waals surface area contributed by atoms with E-state index in [1.807, 2.05) is 53.4 Å². The van der Waals surface area contributed by atoms with Crippen LogP contribution in [-0.2, 0) is 29.2 Å². The van der Waals surface area contributed by atoms with Crippen LogP contribution in [0.15, 0.2) is 72.9 Å². The van der Waals surface area contributed by atoms with Crippen LogP contribution >= 0.6 is 0 Å². The first-order chi connectivity index (χ1) is 17.5. The van der Waals surface area contributed by atoms with E-state index in [0.717, 1.165) is 11.3 Å². The highest BCUT2D eigenvalue weighted by atomic mass is 19.1. The van der Waals surface area contributed by atoms with Gasteiger partial charge in [-0.25, -0.2) is 4.39 Å². The number of benzene rings is 2. The summed E-state index contributed by atoms with van der Waals surface area (Å²) in [6, 6.07) is 19.1. The molecule has 1 saturated heterocycles. The number of piperazine rings is 1. The third kappa shape index (κ3) is 7.36. The molecule has 2 amide bonds. The molecule has 4 rings (SSSR count). The Hall–Kier alpha value is -3.78. The minimum atomic E-state index is -0.437. The van der Waals surface area contributed by atoms with Gasteiger partial charge in [-0.1, -0.05) is 36.4 Å². The first-order valence-electron chi connectivity index (χ1n) is 12.1. The number of nitrogens with zero attached hydrogens (tertiary/aromatic N) is 2. The molecule has 1 aliphatic rings. The molecule has 188 valence electrons. The number of aromatic nitrogens is 1. The summed E-state index contributed by atoms with van der Waals surface area (Å²) in [5.41, 5.74) is 2.48. The second-order valence-electron chi connectivity index (χ2n) is 8.99. The van der Waals surface area contributed by atoms with E-state index in [1.165, 1.54) is 19.1 Å². The molecule has 2 heterocycles. The Morgan fingerprint density at radius 3 is 2.72 bits per heavy atom. The number of carbonyl (C=O) groups excluding carboxylic acids is 2. The van der Waals surface area contributed by atoms with E-state index in [4.69, 9.17) is 4.74 Å². The van der Waals surface area contributed by atoms with Gasteiger partial charge < -0.3 is 20.3 Å². The fourth-order valence-corrected chi connectivity index (χ4v) is 4.45. The van der Waals surface area contributed by atoms with Gasteiger partial charge in [0, 0.05) is 44.9 Å². The van der Waals surface area contributed by atoms with Crippen LogP contribution in [0.1, 0.15) is 30.2 Å². The van der Waals surface area contributed by atoms with Gasteiger partial charge in [-0.2, -0.15) is 0 Å². The van der Waals surface area contributed by atoms with E-state index in [0.29, 0.717) is 43.8 Å². The number of carbonyl (C=O) groups is 2. The highest BCUT2D eigenvalue weighted by Crippen LogP contribution is 2.21. The molecule has 7 nitrogen and oxygen atoms in total. The first-order valence-corrected chi connectivity index (χ1v) is 12.1. The summed E-state index contributed by atoms with van der Waals surface area (Å²) in [6.45, 7) is 3.50. The van der Waals surface area contributed by atoms with Gasteiger partial charge in [-0.3, -0.25) is 14.6 Å². The van der Waals surface area contributed by atoms with Gasteiger partial charge in [0.15, 0.2) is 0 Å². The fourth-order valence-electron chi connectivity index (χ4n) is 4.45. The monoisotopic (exact) mass is 490 g/mol. The van der Waals surface area contributed by atoms with E-state index in [1.54, 1.807) is 12.3 Å². The van der Waals surface area contributed by atoms with E-state index in [2.05, 4.69) is 15.6 Å². The Morgan fingerprint density at radius 2 is 1.97 bits per heavy atom. The molecule has 1 fully saturated rings. The first kappa shape index (κ1) is 25.3. The summed E-state index contributed by atoms with van der Waals surface area (Å²) in [5.74, 6) is -0.240. The lowest BCUT2D eigenvalue weighted by molar-refractivity contribution is -0.137. The average Bonchev–Trinajstić information content (AvgIpc) is 2.86. The summed E-state index contributed by atoms with van der Waals surface area (Å²) in [6.07, 6.45) is 2.43. The van der Waals surface area contributed by atoms with E-state index < -0.39 is 11.9 Å². The number of pyridine rings is 1. The lowest BCUT2D eigenvalue weighted by Gasteiger charge is -2.35. The smallest absolute Gasteiger partial charge is 0.240 e. The van der Waals surface area contributed by atoms with Gasteiger partial charge in [0.25, 0.3) is 0 Å². The van der Waals surface area contributed by atoms with Crippen LogP contribution in [-0.4, -0.2) is 46.9 Å². The molecule has 2 atom stereocenters. The zero-order valence-corrected chi connectivity index (χ0v) is 20.3. The number of amides is 2. The van der Waals surface area contributed by atoms with Crippen molar-refractivity contribution in [3.05, 3.63) is 95.6 Å². The van der Waals surface area contributed by atoms with Crippen molar-refractivity contribution >= 4 is 11.8 Å². The summed E-state index contributed by atoms with van der Waals surface area (Å²) < 4.78 is 20.1. The number of rotatable bonds is 10. The van der Waals surface area contributed by atoms with Crippen LogP contribution in [0.3, 0.4) is 0 Å². The zero-order valence-electron chi connectivity index (χ0n) is 20.3. The van der Waals surface area contributed by atoms with E-state index in [-0.39, 0.29) is 24.5 Å². The molecular weight excluding hydrogens is 459 g/mol. The van der Waals surface area contributed by atoms with Crippen molar-refractivity contribution in [2.75, 3.05) is 13.1 Å². The number of ether oxygens (including phenoxy) is 1. The van der Waals surface area contributed by atoms with E-state index in [9.17, 15) is 14.0 Å². The Labute approximate surface area is 210 Å². The van der Waals surface area contributed by atoms with Crippen LogP contribution in [0.4, 0.5) is 4.39 Å². The molecule has 0 unspecified atom stereocenters. The van der Waals surface area contributed by atoms with Gasteiger partial charge in [0.1, 0.15) is 18.2 Å². The molecule has 0 saturated carbocycles. The summed E-state index contributed by atoms with van der Waals surface area (Å²) in [5, 5.41) is 6.22. The predicted octanol–water partition coefficient (Wildman–Crippen LogP) is 3.24. The van der Waals surface area contributed by atoms with Crippen LogP contribution in [0.5, 0.6) is 5.75 Å². The lowest BCUT2D eigenvalue weighted by Crippen LogP contribution is -2.56. The second kappa shape index (κ2) is 12.3. The molecule has 0 spiro atoms. The molecule has 2 N–H and O–H groups in total. The SMILES string of the molecule is CC(=O)N[C@@H](Cc1cc(F)cc(OCc2ccccn2)c1)C[C@@H]1NCCN(Cc2ccccc2)C1=O. The van der Waals surface area contributed by atoms with Crippen molar-refractivity contribution in [1.82, 2.24) is 20.5 Å². The second-order valence-corrected chi connectivity index (χ2v) is 8.99. The van der Waals surface area contributed by atoms with Crippen LogP contribution in [0, 0.1) is 5.82 Å². The van der Waals surface area contributed by atoms with Gasteiger partial charge in [-0.05, 0) is 48.2 Å². The maximum Gasteiger partial charge on any atom is 0.240 e. The molecule has 0 bridgehead atoms. The molecule has 0 aliphatic carbocycles.